The van der Waals surface area contributed by atoms with E-state index in [4.69, 9.17) is 4.74 Å². The normalized spacial score (nSPS) is 18.8. The molecule has 0 saturated carbocycles. The summed E-state index contributed by atoms with van der Waals surface area (Å²) in [5, 5.41) is 12.6. The summed E-state index contributed by atoms with van der Waals surface area (Å²) >= 11 is 1.68. The van der Waals surface area contributed by atoms with Crippen molar-refractivity contribution in [3.05, 3.63) is 22.0 Å². The van der Waals surface area contributed by atoms with Gasteiger partial charge in [-0.05, 0) is 44.4 Å². The molecule has 26 heavy (non-hydrogen) atoms. The highest BCUT2D eigenvalue weighted by Gasteiger charge is 2.33. The Kier molecular flexibility index (Phi) is 5.42. The lowest BCUT2D eigenvalue weighted by atomic mass is 9.73. The van der Waals surface area contributed by atoms with Crippen molar-refractivity contribution in [1.82, 2.24) is 14.7 Å². The van der Waals surface area contributed by atoms with Crippen molar-refractivity contribution < 1.29 is 14.6 Å². The van der Waals surface area contributed by atoms with Crippen molar-refractivity contribution in [3.8, 4) is 0 Å². The second-order valence-electron chi connectivity index (χ2n) is 8.08. The van der Waals surface area contributed by atoms with E-state index in [0.717, 1.165) is 29.9 Å². The highest BCUT2D eigenvalue weighted by atomic mass is 32.1. The maximum absolute atomic E-state index is 12.3. The van der Waals surface area contributed by atoms with Crippen LogP contribution in [0.5, 0.6) is 0 Å². The van der Waals surface area contributed by atoms with Gasteiger partial charge in [-0.3, -0.25) is 9.72 Å². The highest BCUT2D eigenvalue weighted by molar-refractivity contribution is 7.17. The molecule has 2 heterocycles. The number of aromatic nitrogens is 2. The molecule has 2 aromatic rings. The fourth-order valence-electron chi connectivity index (χ4n) is 3.63. The Morgan fingerprint density at radius 1 is 1.50 bits per heavy atom. The third-order valence-corrected chi connectivity index (χ3v) is 6.27. The number of ether oxygens (including phenoxy) is 1. The van der Waals surface area contributed by atoms with Gasteiger partial charge in [-0.15, -0.1) is 11.3 Å². The number of esters is 1. The minimum atomic E-state index is -0.657. The molecule has 0 radical (unpaired) electrons. The molecular formula is C19H29N3O3S. The summed E-state index contributed by atoms with van der Waals surface area (Å²) in [4.78, 5) is 19.1. The van der Waals surface area contributed by atoms with E-state index in [2.05, 4.69) is 35.5 Å². The van der Waals surface area contributed by atoms with Crippen molar-refractivity contribution in [3.63, 3.8) is 0 Å². The number of aryl methyl sites for hydroxylation is 1. The minimum absolute atomic E-state index is 0.288. The molecule has 6 nitrogen and oxygen atoms in total. The predicted molar refractivity (Wildman–Crippen MR) is 103 cm³/mol. The SMILES string of the molecule is CCOC(=O)c1nc2sc3c(n2c1CNC(C)O)CCC(C(C)(C)C)C3. The van der Waals surface area contributed by atoms with Gasteiger partial charge in [0.05, 0.1) is 12.3 Å². The number of carbonyl (C=O) groups is 1. The lowest BCUT2D eigenvalue weighted by molar-refractivity contribution is 0.0517. The van der Waals surface area contributed by atoms with Crippen molar-refractivity contribution in [2.24, 2.45) is 11.3 Å². The van der Waals surface area contributed by atoms with E-state index in [1.165, 1.54) is 10.6 Å². The number of nitrogens with one attached hydrogen (secondary N) is 1. The number of nitrogens with zero attached hydrogens (tertiary/aromatic N) is 2. The number of fused-ring (bicyclic) bond motifs is 3. The summed E-state index contributed by atoms with van der Waals surface area (Å²) < 4.78 is 7.29. The van der Waals surface area contributed by atoms with Gasteiger partial charge in [0.25, 0.3) is 0 Å². The van der Waals surface area contributed by atoms with Gasteiger partial charge in [-0.1, -0.05) is 20.8 Å². The number of hydrogen-bond acceptors (Lipinski definition) is 6. The van der Waals surface area contributed by atoms with Crippen LogP contribution in [0.4, 0.5) is 0 Å². The Bertz CT molecular complexity index is 801. The van der Waals surface area contributed by atoms with Gasteiger partial charge >= 0.3 is 5.97 Å². The fourth-order valence-corrected chi connectivity index (χ4v) is 4.89. The van der Waals surface area contributed by atoms with Crippen molar-refractivity contribution in [2.75, 3.05) is 6.61 Å². The average molecular weight is 380 g/mol. The summed E-state index contributed by atoms with van der Waals surface area (Å²) in [6.07, 6.45) is 2.52. The number of hydrogen-bond donors (Lipinski definition) is 2. The summed E-state index contributed by atoms with van der Waals surface area (Å²) in [6.45, 7) is 11.1. The molecule has 2 aromatic heterocycles. The van der Waals surface area contributed by atoms with Gasteiger partial charge in [-0.2, -0.15) is 0 Å². The zero-order valence-corrected chi connectivity index (χ0v) is 17.1. The average Bonchev–Trinajstić information content (AvgIpc) is 3.07. The van der Waals surface area contributed by atoms with Crippen molar-refractivity contribution >= 4 is 22.3 Å². The number of rotatable bonds is 5. The molecule has 0 aliphatic heterocycles. The first-order valence-electron chi connectivity index (χ1n) is 9.32. The summed E-state index contributed by atoms with van der Waals surface area (Å²) in [7, 11) is 0. The molecule has 2 atom stereocenters. The molecule has 3 rings (SSSR count). The Morgan fingerprint density at radius 3 is 2.85 bits per heavy atom. The highest BCUT2D eigenvalue weighted by Crippen LogP contribution is 2.41. The number of carbonyl (C=O) groups excluding carboxylic acids is 1. The van der Waals surface area contributed by atoms with E-state index in [-0.39, 0.29) is 5.41 Å². The second-order valence-corrected chi connectivity index (χ2v) is 9.14. The van der Waals surface area contributed by atoms with E-state index >= 15 is 0 Å². The van der Waals surface area contributed by atoms with Gasteiger partial charge in [0.15, 0.2) is 10.7 Å². The second kappa shape index (κ2) is 7.29. The van der Waals surface area contributed by atoms with Crippen LogP contribution in [0.2, 0.25) is 0 Å². The fraction of sp³-hybridized carbons (Fsp3) is 0.684. The minimum Gasteiger partial charge on any atom is -0.461 e. The lowest BCUT2D eigenvalue weighted by Gasteiger charge is -2.33. The maximum Gasteiger partial charge on any atom is 0.358 e. The summed E-state index contributed by atoms with van der Waals surface area (Å²) in [6, 6.07) is 0. The molecule has 144 valence electrons. The van der Waals surface area contributed by atoms with Gasteiger partial charge in [0.1, 0.15) is 6.23 Å². The Balaban J connectivity index is 2.03. The van der Waals surface area contributed by atoms with E-state index < -0.39 is 12.2 Å². The van der Waals surface area contributed by atoms with Crippen LogP contribution >= 0.6 is 11.3 Å². The zero-order valence-electron chi connectivity index (χ0n) is 16.3. The largest absolute Gasteiger partial charge is 0.461 e. The van der Waals surface area contributed by atoms with Gasteiger partial charge in [0, 0.05) is 17.1 Å². The molecule has 1 aliphatic carbocycles. The molecule has 1 aliphatic rings. The van der Waals surface area contributed by atoms with Crippen LogP contribution in [-0.2, 0) is 24.1 Å². The van der Waals surface area contributed by atoms with Gasteiger partial charge in [-0.25, -0.2) is 9.78 Å². The molecule has 2 unspecified atom stereocenters. The number of aliphatic hydroxyl groups excluding tert-OH is 1. The predicted octanol–water partition coefficient (Wildman–Crippen LogP) is 3.15. The first-order chi connectivity index (χ1) is 12.2. The van der Waals surface area contributed by atoms with E-state index in [9.17, 15) is 9.90 Å². The van der Waals surface area contributed by atoms with Crippen LogP contribution in [0.25, 0.3) is 4.96 Å². The number of aliphatic hydroxyl groups is 1. The first kappa shape index (κ1) is 19.3. The molecule has 2 N–H and O–H groups in total. The van der Waals surface area contributed by atoms with E-state index in [0.29, 0.717) is 24.8 Å². The number of imidazole rings is 1. The topological polar surface area (TPSA) is 75.9 Å². The van der Waals surface area contributed by atoms with Crippen LogP contribution in [0.3, 0.4) is 0 Å². The molecule has 0 aromatic carbocycles. The molecule has 0 amide bonds. The van der Waals surface area contributed by atoms with E-state index in [1.807, 2.05) is 0 Å². The quantitative estimate of drug-likeness (QED) is 0.616. The number of thiazole rings is 1. The Hall–Kier alpha value is -1.44. The monoisotopic (exact) mass is 379 g/mol. The van der Waals surface area contributed by atoms with Crippen LogP contribution in [0, 0.1) is 11.3 Å². The smallest absolute Gasteiger partial charge is 0.358 e. The standard InChI is InChI=1S/C19H29N3O3S/c1-6-25-17(24)16-14(10-20-11(2)23)22-13-8-7-12(19(3,4)5)9-15(13)26-18(22)21-16/h11-12,20,23H,6-10H2,1-5H3. The van der Waals surface area contributed by atoms with Crippen LogP contribution in [0.15, 0.2) is 0 Å². The molecule has 0 spiro atoms. The zero-order chi connectivity index (χ0) is 19.1. The Morgan fingerprint density at radius 2 is 2.23 bits per heavy atom. The summed E-state index contributed by atoms with van der Waals surface area (Å²) in [5.41, 5.74) is 2.69. The molecule has 0 saturated heterocycles. The van der Waals surface area contributed by atoms with Crippen LogP contribution in [0.1, 0.15) is 67.8 Å². The van der Waals surface area contributed by atoms with Crippen molar-refractivity contribution in [1.29, 1.82) is 0 Å². The van der Waals surface area contributed by atoms with Crippen LogP contribution in [-0.4, -0.2) is 33.3 Å². The van der Waals surface area contributed by atoms with Gasteiger partial charge in [0.2, 0.25) is 0 Å². The van der Waals surface area contributed by atoms with Gasteiger partial charge < -0.3 is 9.84 Å². The third-order valence-electron chi connectivity index (χ3n) is 5.17. The lowest BCUT2D eigenvalue weighted by Crippen LogP contribution is -2.28. The third kappa shape index (κ3) is 3.66. The van der Waals surface area contributed by atoms with Crippen molar-refractivity contribution in [2.45, 2.75) is 66.7 Å². The van der Waals surface area contributed by atoms with Crippen LogP contribution < -0.4 is 5.32 Å². The van der Waals surface area contributed by atoms with E-state index in [1.54, 1.807) is 25.2 Å². The molecule has 7 heteroatoms. The first-order valence-corrected chi connectivity index (χ1v) is 10.1. The summed E-state index contributed by atoms with van der Waals surface area (Å²) in [5.74, 6) is 0.254. The Labute approximate surface area is 158 Å². The molecular weight excluding hydrogens is 350 g/mol. The molecule has 0 fully saturated rings. The maximum atomic E-state index is 12.3. The molecule has 0 bridgehead atoms.